The molecule has 0 aliphatic carbocycles. The first kappa shape index (κ1) is 13.3. The number of nitriles is 1. The Morgan fingerprint density at radius 3 is 2.75 bits per heavy atom. The molecule has 0 bridgehead atoms. The minimum atomic E-state index is -4.43. The Morgan fingerprint density at radius 2 is 2.25 bits per heavy atom. The highest BCUT2D eigenvalue weighted by Gasteiger charge is 2.39. The largest absolute Gasteiger partial charge is 0.405 e. The molecule has 1 N–H and O–H groups in total. The molecular weight excluding hydrogens is 221 g/mol. The number of hydrogen-bond acceptors (Lipinski definition) is 3. The van der Waals surface area contributed by atoms with Gasteiger partial charge in [-0.15, -0.1) is 0 Å². The maximum atomic E-state index is 12.2. The van der Waals surface area contributed by atoms with Gasteiger partial charge in [0.1, 0.15) is 0 Å². The molecule has 1 rings (SSSR count). The minimum Gasteiger partial charge on any atom is -0.381 e. The monoisotopic (exact) mass is 236 g/mol. The summed E-state index contributed by atoms with van der Waals surface area (Å²) >= 11 is 0. The van der Waals surface area contributed by atoms with Crippen LogP contribution in [0.15, 0.2) is 0 Å². The second-order valence-corrected chi connectivity index (χ2v) is 3.95. The van der Waals surface area contributed by atoms with Gasteiger partial charge in [0, 0.05) is 19.8 Å². The summed E-state index contributed by atoms with van der Waals surface area (Å²) in [5.74, 6) is -1.47. The highest BCUT2D eigenvalue weighted by atomic mass is 19.4. The van der Waals surface area contributed by atoms with E-state index in [-0.39, 0.29) is 6.54 Å². The summed E-state index contributed by atoms with van der Waals surface area (Å²) in [5, 5.41) is 11.0. The second-order valence-electron chi connectivity index (χ2n) is 3.95. The highest BCUT2D eigenvalue weighted by molar-refractivity contribution is 4.89. The summed E-state index contributed by atoms with van der Waals surface area (Å²) < 4.78 is 41.6. The summed E-state index contributed by atoms with van der Waals surface area (Å²) in [7, 11) is 0. The van der Waals surface area contributed by atoms with E-state index in [1.807, 2.05) is 0 Å². The Hall–Kier alpha value is -0.800. The molecule has 1 saturated heterocycles. The van der Waals surface area contributed by atoms with Gasteiger partial charge in [-0.2, -0.15) is 18.4 Å². The average molecular weight is 236 g/mol. The van der Waals surface area contributed by atoms with Gasteiger partial charge in [0.2, 0.25) is 0 Å². The molecule has 3 nitrogen and oxygen atoms in total. The zero-order valence-electron chi connectivity index (χ0n) is 8.89. The van der Waals surface area contributed by atoms with Crippen molar-refractivity contribution in [1.29, 1.82) is 5.26 Å². The lowest BCUT2D eigenvalue weighted by Crippen LogP contribution is -2.33. The van der Waals surface area contributed by atoms with Gasteiger partial charge in [0.25, 0.3) is 0 Å². The van der Waals surface area contributed by atoms with E-state index in [0.29, 0.717) is 19.1 Å². The van der Waals surface area contributed by atoms with Crippen molar-refractivity contribution >= 4 is 0 Å². The Bertz CT molecular complexity index is 243. The van der Waals surface area contributed by atoms with Crippen molar-refractivity contribution in [2.45, 2.75) is 19.0 Å². The summed E-state index contributed by atoms with van der Waals surface area (Å²) in [5.41, 5.74) is 0. The number of alkyl halides is 3. The van der Waals surface area contributed by atoms with Gasteiger partial charge in [-0.1, -0.05) is 0 Å². The molecule has 92 valence electrons. The molecule has 0 aromatic heterocycles. The van der Waals surface area contributed by atoms with Crippen molar-refractivity contribution in [3.05, 3.63) is 0 Å². The van der Waals surface area contributed by atoms with Crippen LogP contribution in [-0.4, -0.2) is 32.5 Å². The maximum absolute atomic E-state index is 12.2. The molecule has 1 heterocycles. The normalized spacial score (nSPS) is 23.0. The first-order valence-corrected chi connectivity index (χ1v) is 5.29. The average Bonchev–Trinajstić information content (AvgIpc) is 2.68. The topological polar surface area (TPSA) is 45.0 Å². The molecular formula is C10H15F3N2O. The third-order valence-corrected chi connectivity index (χ3v) is 2.65. The summed E-state index contributed by atoms with van der Waals surface area (Å²) in [6, 6.07) is 1.26. The van der Waals surface area contributed by atoms with Gasteiger partial charge in [-0.25, -0.2) is 0 Å². The lowest BCUT2D eigenvalue weighted by Gasteiger charge is -2.14. The molecule has 1 aliphatic heterocycles. The van der Waals surface area contributed by atoms with Crippen LogP contribution in [0.5, 0.6) is 0 Å². The number of hydrogen-bond donors (Lipinski definition) is 1. The van der Waals surface area contributed by atoms with Gasteiger partial charge in [-0.05, 0) is 25.3 Å². The van der Waals surface area contributed by atoms with Crippen LogP contribution >= 0.6 is 0 Å². The van der Waals surface area contributed by atoms with Gasteiger partial charge in [-0.3, -0.25) is 0 Å². The number of ether oxygens (including phenoxy) is 1. The van der Waals surface area contributed by atoms with Crippen LogP contribution in [0.25, 0.3) is 0 Å². The summed E-state index contributed by atoms with van der Waals surface area (Å²) in [6.45, 7) is 1.62. The van der Waals surface area contributed by atoms with E-state index in [1.165, 1.54) is 6.07 Å². The summed E-state index contributed by atoms with van der Waals surface area (Å²) in [4.78, 5) is 0. The lowest BCUT2D eigenvalue weighted by atomic mass is 10.1. The van der Waals surface area contributed by atoms with Crippen LogP contribution < -0.4 is 5.32 Å². The fourth-order valence-electron chi connectivity index (χ4n) is 1.60. The SMILES string of the molecule is N#CC(CNCCC1CCOC1)C(F)(F)F. The number of nitrogens with zero attached hydrogens (tertiary/aromatic N) is 1. The molecule has 0 amide bonds. The van der Waals surface area contributed by atoms with E-state index in [4.69, 9.17) is 10.00 Å². The Balaban J connectivity index is 2.12. The lowest BCUT2D eigenvalue weighted by molar-refractivity contribution is -0.157. The minimum absolute atomic E-state index is 0.326. The predicted molar refractivity (Wildman–Crippen MR) is 51.6 cm³/mol. The predicted octanol–water partition coefficient (Wildman–Crippen LogP) is 1.70. The second kappa shape index (κ2) is 6.06. The molecule has 0 radical (unpaired) electrons. The van der Waals surface area contributed by atoms with Crippen LogP contribution in [0.1, 0.15) is 12.8 Å². The molecule has 2 atom stereocenters. The Kier molecular flexibility index (Phi) is 5.03. The Morgan fingerprint density at radius 1 is 1.50 bits per heavy atom. The molecule has 2 unspecified atom stereocenters. The van der Waals surface area contributed by atoms with Crippen LogP contribution in [0.3, 0.4) is 0 Å². The highest BCUT2D eigenvalue weighted by Crippen LogP contribution is 2.24. The van der Waals surface area contributed by atoms with Gasteiger partial charge in [0.05, 0.1) is 6.07 Å². The maximum Gasteiger partial charge on any atom is 0.405 e. The van der Waals surface area contributed by atoms with E-state index in [1.54, 1.807) is 0 Å². The molecule has 6 heteroatoms. The number of rotatable bonds is 5. The van der Waals surface area contributed by atoms with Gasteiger partial charge >= 0.3 is 6.18 Å². The molecule has 0 spiro atoms. The molecule has 0 aromatic rings. The number of halogens is 3. The van der Waals surface area contributed by atoms with Crippen molar-refractivity contribution in [1.82, 2.24) is 5.32 Å². The molecule has 1 aliphatic rings. The molecule has 0 aromatic carbocycles. The smallest absolute Gasteiger partial charge is 0.381 e. The van der Waals surface area contributed by atoms with Crippen molar-refractivity contribution in [2.24, 2.45) is 11.8 Å². The quantitative estimate of drug-likeness (QED) is 0.739. The van der Waals surface area contributed by atoms with E-state index in [0.717, 1.165) is 19.4 Å². The fraction of sp³-hybridized carbons (Fsp3) is 0.900. The molecule has 0 saturated carbocycles. The first-order chi connectivity index (χ1) is 7.54. The number of nitrogens with one attached hydrogen (secondary N) is 1. The van der Waals surface area contributed by atoms with Crippen LogP contribution in [0.4, 0.5) is 13.2 Å². The summed E-state index contributed by atoms with van der Waals surface area (Å²) in [6.07, 6.45) is -2.66. The van der Waals surface area contributed by atoms with Gasteiger partial charge in [0.15, 0.2) is 5.92 Å². The van der Waals surface area contributed by atoms with Crippen LogP contribution in [-0.2, 0) is 4.74 Å². The molecule has 1 fully saturated rings. The third kappa shape index (κ3) is 4.37. The van der Waals surface area contributed by atoms with Crippen molar-refractivity contribution in [3.8, 4) is 6.07 Å². The van der Waals surface area contributed by atoms with E-state index in [2.05, 4.69) is 5.32 Å². The standard InChI is InChI=1S/C10H15F3N2O/c11-10(12,13)9(5-14)6-15-3-1-8-2-4-16-7-8/h8-9,15H,1-4,6-7H2. The zero-order chi connectivity index (χ0) is 12.0. The first-order valence-electron chi connectivity index (χ1n) is 5.29. The van der Waals surface area contributed by atoms with Crippen LogP contribution in [0.2, 0.25) is 0 Å². The van der Waals surface area contributed by atoms with Crippen molar-refractivity contribution in [3.63, 3.8) is 0 Å². The van der Waals surface area contributed by atoms with E-state index < -0.39 is 12.1 Å². The van der Waals surface area contributed by atoms with Gasteiger partial charge < -0.3 is 10.1 Å². The third-order valence-electron chi connectivity index (χ3n) is 2.65. The molecule has 16 heavy (non-hydrogen) atoms. The van der Waals surface area contributed by atoms with Crippen molar-refractivity contribution < 1.29 is 17.9 Å². The Labute approximate surface area is 92.6 Å². The zero-order valence-corrected chi connectivity index (χ0v) is 8.89. The van der Waals surface area contributed by atoms with E-state index >= 15 is 0 Å². The van der Waals surface area contributed by atoms with E-state index in [9.17, 15) is 13.2 Å². The fourth-order valence-corrected chi connectivity index (χ4v) is 1.60. The van der Waals surface area contributed by atoms with Crippen LogP contribution in [0, 0.1) is 23.2 Å². The van der Waals surface area contributed by atoms with Crippen molar-refractivity contribution in [2.75, 3.05) is 26.3 Å².